The second kappa shape index (κ2) is 7.73. The van der Waals surface area contributed by atoms with Gasteiger partial charge in [-0.15, -0.1) is 0 Å². The first-order valence-corrected chi connectivity index (χ1v) is 4.51. The number of nitrogens with zero attached hydrogens (tertiary/aromatic N) is 1. The Hall–Kier alpha value is -0.370. The molecule has 0 heterocycles. The van der Waals surface area contributed by atoms with E-state index in [1.807, 2.05) is 0 Å². The monoisotopic (exact) mass is 156 g/mol. The van der Waals surface area contributed by atoms with Crippen molar-refractivity contribution in [2.24, 2.45) is 10.7 Å². The van der Waals surface area contributed by atoms with E-state index in [2.05, 4.69) is 18.8 Å². The smallest absolute Gasteiger partial charge is 0.0385 e. The highest BCUT2D eigenvalue weighted by atomic mass is 14.7. The van der Waals surface area contributed by atoms with Gasteiger partial charge in [-0.1, -0.05) is 6.92 Å². The van der Waals surface area contributed by atoms with Gasteiger partial charge in [0.25, 0.3) is 0 Å². The van der Waals surface area contributed by atoms with Gasteiger partial charge >= 0.3 is 0 Å². The van der Waals surface area contributed by atoms with E-state index in [0.29, 0.717) is 0 Å². The van der Waals surface area contributed by atoms with Crippen LogP contribution in [0.15, 0.2) is 4.99 Å². The van der Waals surface area contributed by atoms with Gasteiger partial charge in [0.1, 0.15) is 0 Å². The molecule has 66 valence electrons. The Bertz CT molecular complexity index is 108. The van der Waals surface area contributed by atoms with Crippen LogP contribution in [0.5, 0.6) is 0 Å². The van der Waals surface area contributed by atoms with Gasteiger partial charge in [0.15, 0.2) is 0 Å². The predicted octanol–water partition coefficient (Wildman–Crippen LogP) is 1.99. The zero-order valence-electron chi connectivity index (χ0n) is 7.77. The van der Waals surface area contributed by atoms with Crippen LogP contribution in [-0.4, -0.2) is 18.8 Å². The van der Waals surface area contributed by atoms with Crippen LogP contribution in [0, 0.1) is 0 Å². The number of nitrogens with two attached hydrogens (primary N) is 1. The molecule has 2 N–H and O–H groups in total. The average Bonchev–Trinajstić information content (AvgIpc) is 2.01. The molecule has 0 aromatic carbocycles. The Morgan fingerprint density at radius 1 is 1.36 bits per heavy atom. The largest absolute Gasteiger partial charge is 0.330 e. The van der Waals surface area contributed by atoms with E-state index >= 15 is 0 Å². The molecule has 11 heavy (non-hydrogen) atoms. The van der Waals surface area contributed by atoms with Gasteiger partial charge < -0.3 is 5.73 Å². The zero-order chi connectivity index (χ0) is 8.53. The van der Waals surface area contributed by atoms with Crippen LogP contribution in [0.1, 0.15) is 39.5 Å². The van der Waals surface area contributed by atoms with E-state index < -0.39 is 0 Å². The molecule has 2 heteroatoms. The molecule has 0 aliphatic heterocycles. The predicted molar refractivity (Wildman–Crippen MR) is 51.2 cm³/mol. The first-order chi connectivity index (χ1) is 5.31. The fraction of sp³-hybridized carbons (Fsp3) is 0.889. The molecule has 0 aliphatic rings. The quantitative estimate of drug-likeness (QED) is 0.463. The minimum Gasteiger partial charge on any atom is -0.330 e. The summed E-state index contributed by atoms with van der Waals surface area (Å²) >= 11 is 0. The van der Waals surface area contributed by atoms with Crippen LogP contribution in [-0.2, 0) is 0 Å². The average molecular weight is 156 g/mol. The molecule has 0 amide bonds. The van der Waals surface area contributed by atoms with Gasteiger partial charge in [-0.05, 0) is 39.2 Å². The molecule has 0 fully saturated rings. The second-order valence-corrected chi connectivity index (χ2v) is 2.86. The third kappa shape index (κ3) is 7.53. The highest BCUT2D eigenvalue weighted by Crippen LogP contribution is 1.96. The second-order valence-electron chi connectivity index (χ2n) is 2.86. The molecular formula is C9H20N2. The summed E-state index contributed by atoms with van der Waals surface area (Å²) in [5, 5.41) is 0. The minimum atomic E-state index is 0.807. The minimum absolute atomic E-state index is 0.807. The summed E-state index contributed by atoms with van der Waals surface area (Å²) < 4.78 is 0. The van der Waals surface area contributed by atoms with Crippen molar-refractivity contribution in [3.8, 4) is 0 Å². The van der Waals surface area contributed by atoms with Crippen LogP contribution in [0.2, 0.25) is 0 Å². The van der Waals surface area contributed by atoms with Crippen LogP contribution in [0.3, 0.4) is 0 Å². The highest BCUT2D eigenvalue weighted by molar-refractivity contribution is 5.81. The molecule has 0 saturated carbocycles. The van der Waals surface area contributed by atoms with E-state index in [1.165, 1.54) is 12.1 Å². The third-order valence-corrected chi connectivity index (χ3v) is 1.60. The Labute approximate surface area is 69.9 Å². The normalized spacial score (nSPS) is 12.1. The summed E-state index contributed by atoms with van der Waals surface area (Å²) in [6, 6.07) is 0. The van der Waals surface area contributed by atoms with Gasteiger partial charge in [-0.3, -0.25) is 4.99 Å². The molecule has 2 nitrogen and oxygen atoms in total. The van der Waals surface area contributed by atoms with Crippen molar-refractivity contribution in [3.63, 3.8) is 0 Å². The van der Waals surface area contributed by atoms with E-state index in [-0.39, 0.29) is 0 Å². The lowest BCUT2D eigenvalue weighted by Crippen LogP contribution is -2.00. The Morgan fingerprint density at radius 2 is 2.09 bits per heavy atom. The highest BCUT2D eigenvalue weighted by Gasteiger charge is 1.90. The molecule has 0 unspecified atom stereocenters. The molecule has 0 atom stereocenters. The molecule has 0 radical (unpaired) electrons. The van der Waals surface area contributed by atoms with Crippen molar-refractivity contribution in [2.75, 3.05) is 13.1 Å². The summed E-state index contributed by atoms with van der Waals surface area (Å²) in [6.45, 7) is 6.04. The van der Waals surface area contributed by atoms with Crippen LogP contribution < -0.4 is 5.73 Å². The maximum absolute atomic E-state index is 5.37. The van der Waals surface area contributed by atoms with E-state index in [1.54, 1.807) is 0 Å². The van der Waals surface area contributed by atoms with Crippen molar-refractivity contribution >= 4 is 5.71 Å². The fourth-order valence-corrected chi connectivity index (χ4v) is 0.907. The lowest BCUT2D eigenvalue weighted by molar-refractivity contribution is 0.768. The molecule has 0 bridgehead atoms. The van der Waals surface area contributed by atoms with Crippen LogP contribution in [0.4, 0.5) is 0 Å². The molecular weight excluding hydrogens is 136 g/mol. The van der Waals surface area contributed by atoms with Crippen LogP contribution >= 0.6 is 0 Å². The summed E-state index contributed by atoms with van der Waals surface area (Å²) in [5.74, 6) is 0. The number of rotatable bonds is 6. The van der Waals surface area contributed by atoms with Crippen molar-refractivity contribution in [1.29, 1.82) is 0 Å². The Kier molecular flexibility index (Phi) is 7.47. The summed E-state index contributed by atoms with van der Waals surface area (Å²) in [6.07, 6.45) is 4.58. The number of unbranched alkanes of at least 4 members (excludes halogenated alkanes) is 1. The summed E-state index contributed by atoms with van der Waals surface area (Å²) in [5.41, 5.74) is 6.65. The zero-order valence-corrected chi connectivity index (χ0v) is 7.77. The van der Waals surface area contributed by atoms with Gasteiger partial charge in [0.05, 0.1) is 0 Å². The molecule has 0 aromatic heterocycles. The molecule has 0 aliphatic carbocycles. The molecule has 0 aromatic rings. The van der Waals surface area contributed by atoms with Gasteiger partial charge in [0.2, 0.25) is 0 Å². The Morgan fingerprint density at radius 3 is 2.64 bits per heavy atom. The van der Waals surface area contributed by atoms with E-state index in [9.17, 15) is 0 Å². The lowest BCUT2D eigenvalue weighted by Gasteiger charge is -1.98. The number of hydrogen-bond acceptors (Lipinski definition) is 2. The maximum atomic E-state index is 5.37. The first kappa shape index (κ1) is 10.6. The standard InChI is InChI=1S/C9H20N2/c1-3-8-11-9(2)6-4-5-7-10/h3-8,10H2,1-2H3. The van der Waals surface area contributed by atoms with Crippen molar-refractivity contribution in [3.05, 3.63) is 0 Å². The topological polar surface area (TPSA) is 38.4 Å². The van der Waals surface area contributed by atoms with Gasteiger partial charge in [-0.2, -0.15) is 0 Å². The Balaban J connectivity index is 3.27. The molecule has 0 saturated heterocycles. The third-order valence-electron chi connectivity index (χ3n) is 1.60. The van der Waals surface area contributed by atoms with Crippen molar-refractivity contribution in [2.45, 2.75) is 39.5 Å². The van der Waals surface area contributed by atoms with E-state index in [4.69, 9.17) is 5.73 Å². The SMILES string of the molecule is CCCN=C(C)CCCCN. The lowest BCUT2D eigenvalue weighted by atomic mass is 10.2. The first-order valence-electron chi connectivity index (χ1n) is 4.51. The van der Waals surface area contributed by atoms with Crippen molar-refractivity contribution in [1.82, 2.24) is 0 Å². The number of aliphatic imine (C=N–C) groups is 1. The van der Waals surface area contributed by atoms with Gasteiger partial charge in [-0.25, -0.2) is 0 Å². The van der Waals surface area contributed by atoms with E-state index in [0.717, 1.165) is 32.4 Å². The van der Waals surface area contributed by atoms with Crippen molar-refractivity contribution < 1.29 is 0 Å². The van der Waals surface area contributed by atoms with Gasteiger partial charge in [0, 0.05) is 12.3 Å². The van der Waals surface area contributed by atoms with Crippen LogP contribution in [0.25, 0.3) is 0 Å². The molecule has 0 spiro atoms. The maximum Gasteiger partial charge on any atom is 0.0385 e. The number of hydrogen-bond donors (Lipinski definition) is 1. The summed E-state index contributed by atoms with van der Waals surface area (Å²) in [7, 11) is 0. The molecule has 0 rings (SSSR count). The summed E-state index contributed by atoms with van der Waals surface area (Å²) in [4.78, 5) is 4.39. The fourth-order valence-electron chi connectivity index (χ4n) is 0.907.